The number of aromatic nitrogens is 2. The summed E-state index contributed by atoms with van der Waals surface area (Å²) in [5.74, 6) is 0.719. The summed E-state index contributed by atoms with van der Waals surface area (Å²) in [6.07, 6.45) is 1.23. The molecular formula is C36H37BrClN5O6. The van der Waals surface area contributed by atoms with E-state index in [1.54, 1.807) is 13.2 Å². The molecule has 49 heavy (non-hydrogen) atoms. The van der Waals surface area contributed by atoms with E-state index in [0.29, 0.717) is 39.1 Å². The van der Waals surface area contributed by atoms with E-state index in [0.717, 1.165) is 52.1 Å². The highest BCUT2D eigenvalue weighted by Crippen LogP contribution is 2.44. The number of ether oxygens (including phenoxy) is 3. The predicted octanol–water partition coefficient (Wildman–Crippen LogP) is 5.97. The molecule has 1 aliphatic heterocycles. The zero-order valence-electron chi connectivity index (χ0n) is 27.5. The number of nitrogens with one attached hydrogen (secondary N) is 2. The molecule has 2 aliphatic rings. The Hall–Kier alpha value is -4.23. The Morgan fingerprint density at radius 2 is 1.78 bits per heavy atom. The van der Waals surface area contributed by atoms with Gasteiger partial charge in [-0.1, -0.05) is 48.0 Å². The monoisotopic (exact) mass is 749 g/mol. The van der Waals surface area contributed by atoms with Crippen LogP contribution in [0, 0.1) is 0 Å². The van der Waals surface area contributed by atoms with Crippen LogP contribution < -0.4 is 24.8 Å². The molecule has 0 radical (unpaired) electrons. The van der Waals surface area contributed by atoms with Crippen molar-refractivity contribution in [3.05, 3.63) is 86.3 Å². The minimum atomic E-state index is -1.52. The highest BCUT2D eigenvalue weighted by atomic mass is 79.9. The number of carbonyl (C=O) groups is 1. The van der Waals surface area contributed by atoms with Crippen LogP contribution in [-0.4, -0.2) is 70.9 Å². The Labute approximate surface area is 297 Å². The molecule has 6 rings (SSSR count). The van der Waals surface area contributed by atoms with Crippen molar-refractivity contribution < 1.29 is 29.2 Å². The zero-order valence-corrected chi connectivity index (χ0v) is 29.9. The third-order valence-electron chi connectivity index (χ3n) is 8.88. The smallest absolute Gasteiger partial charge is 0.326 e. The van der Waals surface area contributed by atoms with Crippen LogP contribution in [0.1, 0.15) is 48.6 Å². The first-order chi connectivity index (χ1) is 23.6. The highest BCUT2D eigenvalue weighted by Gasteiger charge is 2.33. The van der Waals surface area contributed by atoms with Gasteiger partial charge in [-0.25, -0.2) is 4.98 Å². The average molecular weight is 751 g/mol. The lowest BCUT2D eigenvalue weighted by molar-refractivity contribution is -0.145. The lowest BCUT2D eigenvalue weighted by Crippen LogP contribution is -2.52. The zero-order chi connectivity index (χ0) is 34.9. The van der Waals surface area contributed by atoms with Crippen LogP contribution in [0.15, 0.2) is 64.1 Å². The lowest BCUT2D eigenvalue weighted by Gasteiger charge is -2.24. The number of fused-ring (bicyclic) bond motifs is 1. The minimum Gasteiger partial charge on any atom is -0.481 e. The molecule has 2 aromatic carbocycles. The normalized spacial score (nSPS) is 17.9. The molecule has 0 fully saturated rings. The van der Waals surface area contributed by atoms with E-state index >= 15 is 0 Å². The number of methoxy groups -OCH3 is 2. The number of aliphatic hydroxyl groups is 1. The number of carboxylic acids is 1. The number of aliphatic hydroxyl groups excluding tert-OH is 1. The molecule has 13 heteroatoms. The third-order valence-corrected chi connectivity index (χ3v) is 9.86. The van der Waals surface area contributed by atoms with Gasteiger partial charge in [0.2, 0.25) is 17.6 Å². The van der Waals surface area contributed by atoms with Crippen LogP contribution in [0.2, 0.25) is 5.02 Å². The topological polar surface area (TPSA) is 147 Å². The van der Waals surface area contributed by atoms with E-state index in [4.69, 9.17) is 30.8 Å². The molecule has 1 unspecified atom stereocenters. The van der Waals surface area contributed by atoms with Gasteiger partial charge in [-0.05, 0) is 77.5 Å². The van der Waals surface area contributed by atoms with Crippen LogP contribution in [-0.2, 0) is 17.8 Å². The summed E-state index contributed by atoms with van der Waals surface area (Å²) in [7, 11) is 3.09. The Bertz CT molecular complexity index is 1940. The fourth-order valence-electron chi connectivity index (χ4n) is 6.08. The summed E-state index contributed by atoms with van der Waals surface area (Å²) < 4.78 is 18.2. The first kappa shape index (κ1) is 34.6. The molecule has 2 aromatic heterocycles. The molecule has 11 nitrogen and oxygen atoms in total. The highest BCUT2D eigenvalue weighted by molar-refractivity contribution is 9.10. The van der Waals surface area contributed by atoms with Gasteiger partial charge >= 0.3 is 5.97 Å². The number of amidine groups is 1. The van der Waals surface area contributed by atoms with Gasteiger partial charge in [0.1, 0.15) is 17.5 Å². The molecule has 0 saturated heterocycles. The van der Waals surface area contributed by atoms with Crippen LogP contribution in [0.3, 0.4) is 0 Å². The Kier molecular flexibility index (Phi) is 10.1. The second-order valence-electron chi connectivity index (χ2n) is 12.3. The molecule has 3 heterocycles. The van der Waals surface area contributed by atoms with Gasteiger partial charge in [-0.15, -0.1) is 0 Å². The predicted molar refractivity (Wildman–Crippen MR) is 191 cm³/mol. The standard InChI is InChI=1S/C36H37BrClN5O6/c1-19-16-39-31(41-19)26-11-13-28(42-33(26)48-4)25-10-6-9-24(30(25)38)21-7-5-8-23-22(21)12-14-29(23)49-34-27(37)15-20(32(43-34)47-3)17-40-36(2,18-44)35(45)46/h5-11,13,15,19,29,40,44H,12,14,16-18H2,1-4H3,(H,39,41)(H,45,46)/t19-,29-,36?/m0/s1. The maximum Gasteiger partial charge on any atom is 0.326 e. The fraction of sp³-hybridized carbons (Fsp3) is 0.333. The lowest BCUT2D eigenvalue weighted by atomic mass is 9.94. The van der Waals surface area contributed by atoms with Gasteiger partial charge in [-0.3, -0.25) is 15.1 Å². The number of hydrogen-bond donors (Lipinski definition) is 4. The van der Waals surface area contributed by atoms with E-state index in [2.05, 4.69) is 55.6 Å². The summed E-state index contributed by atoms with van der Waals surface area (Å²) in [6, 6.07) is 18.0. The molecule has 1 aliphatic carbocycles. The van der Waals surface area contributed by atoms with Crippen molar-refractivity contribution in [2.75, 3.05) is 27.4 Å². The Morgan fingerprint density at radius 3 is 2.47 bits per heavy atom. The number of aliphatic imine (C=N–C) groups is 1. The molecule has 4 N–H and O–H groups in total. The summed E-state index contributed by atoms with van der Waals surface area (Å²) in [5, 5.41) is 25.9. The molecule has 0 saturated carbocycles. The Morgan fingerprint density at radius 1 is 1.04 bits per heavy atom. The summed E-state index contributed by atoms with van der Waals surface area (Å²) in [6.45, 7) is 3.72. The van der Waals surface area contributed by atoms with Crippen LogP contribution in [0.25, 0.3) is 22.4 Å². The molecule has 256 valence electrons. The van der Waals surface area contributed by atoms with Crippen LogP contribution in [0.4, 0.5) is 0 Å². The first-order valence-corrected chi connectivity index (χ1v) is 17.0. The maximum absolute atomic E-state index is 11.6. The number of hydrogen-bond acceptors (Lipinski definition) is 10. The van der Waals surface area contributed by atoms with Gasteiger partial charge in [0.05, 0.1) is 48.1 Å². The third kappa shape index (κ3) is 6.83. The van der Waals surface area contributed by atoms with E-state index in [-0.39, 0.29) is 24.6 Å². The molecule has 0 bridgehead atoms. The number of halogens is 2. The van der Waals surface area contributed by atoms with Gasteiger partial charge in [0.15, 0.2) is 0 Å². The van der Waals surface area contributed by atoms with E-state index < -0.39 is 18.1 Å². The molecular weight excluding hydrogens is 714 g/mol. The van der Waals surface area contributed by atoms with Gasteiger partial charge in [-0.2, -0.15) is 4.98 Å². The molecule has 4 aromatic rings. The number of benzene rings is 2. The minimum absolute atomic E-state index is 0.103. The number of aliphatic carboxylic acids is 1. The number of nitrogens with zero attached hydrogens (tertiary/aromatic N) is 3. The summed E-state index contributed by atoms with van der Waals surface area (Å²) >= 11 is 10.7. The SMILES string of the molecule is COc1nc(O[C@H]2CCc3c(-c4cccc(-c5ccc(C6=NC[C@H](C)N6)c(OC)n5)c4Cl)cccc32)c(Br)cc1CNC(C)(CO)C(=O)O. The van der Waals surface area contributed by atoms with Crippen LogP contribution in [0.5, 0.6) is 17.6 Å². The van der Waals surface area contributed by atoms with Gasteiger partial charge < -0.3 is 29.7 Å². The van der Waals surface area contributed by atoms with Gasteiger partial charge in [0.25, 0.3) is 0 Å². The van der Waals surface area contributed by atoms with E-state index in [1.165, 1.54) is 14.0 Å². The van der Waals surface area contributed by atoms with Crippen molar-refractivity contribution in [3.63, 3.8) is 0 Å². The second kappa shape index (κ2) is 14.3. The van der Waals surface area contributed by atoms with Crippen molar-refractivity contribution >= 4 is 39.3 Å². The van der Waals surface area contributed by atoms with E-state index in [9.17, 15) is 15.0 Å². The van der Waals surface area contributed by atoms with E-state index in [1.807, 2.05) is 36.4 Å². The van der Waals surface area contributed by atoms with Crippen LogP contribution >= 0.6 is 27.5 Å². The van der Waals surface area contributed by atoms with Crippen molar-refractivity contribution in [3.8, 4) is 40.0 Å². The summed E-state index contributed by atoms with van der Waals surface area (Å²) in [5.41, 5.74) is 5.48. The molecule has 0 spiro atoms. The van der Waals surface area contributed by atoms with Crippen molar-refractivity contribution in [2.24, 2.45) is 4.99 Å². The fourth-order valence-corrected chi connectivity index (χ4v) is 6.86. The molecule has 3 atom stereocenters. The largest absolute Gasteiger partial charge is 0.481 e. The summed E-state index contributed by atoms with van der Waals surface area (Å²) in [4.78, 5) is 25.6. The number of pyridine rings is 2. The molecule has 0 amide bonds. The number of carboxylic acid groups (broad SMARTS) is 1. The van der Waals surface area contributed by atoms with Crippen molar-refractivity contribution in [1.29, 1.82) is 0 Å². The van der Waals surface area contributed by atoms with Crippen molar-refractivity contribution in [2.45, 2.75) is 50.9 Å². The first-order valence-electron chi connectivity index (χ1n) is 15.8. The van der Waals surface area contributed by atoms with Crippen molar-refractivity contribution in [1.82, 2.24) is 20.6 Å². The second-order valence-corrected chi connectivity index (χ2v) is 13.5. The van der Waals surface area contributed by atoms with Gasteiger partial charge in [0, 0.05) is 29.3 Å². The maximum atomic E-state index is 11.6. The quantitative estimate of drug-likeness (QED) is 0.137. The average Bonchev–Trinajstić information content (AvgIpc) is 3.73. The Balaban J connectivity index is 1.26. The number of rotatable bonds is 12.